The number of hydrogen-bond acceptors (Lipinski definition) is 4. The second kappa shape index (κ2) is 2.72. The van der Waals surface area contributed by atoms with Crippen molar-refractivity contribution in [1.29, 1.82) is 0 Å². The van der Waals surface area contributed by atoms with Crippen LogP contribution >= 0.6 is 11.9 Å². The highest BCUT2D eigenvalue weighted by atomic mass is 32.2. The summed E-state index contributed by atoms with van der Waals surface area (Å²) >= 11 is 0.841. The second-order valence-electron chi connectivity index (χ2n) is 2.48. The molecule has 0 aliphatic carbocycles. The Kier molecular flexibility index (Phi) is 2.11. The molecule has 1 rings (SSSR count). The molecule has 0 saturated carbocycles. The molecular weight excluding hydrogens is 150 g/mol. The fourth-order valence-corrected chi connectivity index (χ4v) is 1.47. The lowest BCUT2D eigenvalue weighted by Gasteiger charge is -2.05. The number of carbonyl (C=O) groups is 1. The molecule has 1 N–H and O–H groups in total. The highest BCUT2D eigenvalue weighted by Crippen LogP contribution is 2.21. The summed E-state index contributed by atoms with van der Waals surface area (Å²) in [6.45, 7) is 3.81. The Labute approximate surface area is 63.7 Å². The fraction of sp³-hybridized carbons (Fsp3) is 0.667. The van der Waals surface area contributed by atoms with E-state index in [-0.39, 0.29) is 11.0 Å². The lowest BCUT2D eigenvalue weighted by atomic mass is 10.0. The van der Waals surface area contributed by atoms with Crippen LogP contribution in [0.15, 0.2) is 4.40 Å². The van der Waals surface area contributed by atoms with Gasteiger partial charge in [0.05, 0.1) is 17.7 Å². The zero-order valence-electron chi connectivity index (χ0n) is 5.87. The van der Waals surface area contributed by atoms with Gasteiger partial charge in [0.2, 0.25) is 5.12 Å². The van der Waals surface area contributed by atoms with Crippen LogP contribution in [-0.2, 0) is 4.79 Å². The zero-order valence-corrected chi connectivity index (χ0v) is 6.68. The Hall–Kier alpha value is -0.350. The van der Waals surface area contributed by atoms with Gasteiger partial charge in [-0.2, -0.15) is 0 Å². The molecule has 1 aliphatic rings. The third-order valence-corrected chi connectivity index (χ3v) is 2.04. The van der Waals surface area contributed by atoms with Crippen molar-refractivity contribution < 1.29 is 9.90 Å². The minimum Gasteiger partial charge on any atom is -0.378 e. The summed E-state index contributed by atoms with van der Waals surface area (Å²) in [5, 5.41) is 8.87. The summed E-state index contributed by atoms with van der Waals surface area (Å²) in [4.78, 5) is 10.7. The van der Waals surface area contributed by atoms with Gasteiger partial charge in [-0.1, -0.05) is 13.8 Å². The quantitative estimate of drug-likeness (QED) is 0.571. The predicted octanol–water partition coefficient (Wildman–Crippen LogP) is 0.633. The lowest BCUT2D eigenvalue weighted by Crippen LogP contribution is -2.26. The van der Waals surface area contributed by atoms with Crippen molar-refractivity contribution in [3.63, 3.8) is 0 Å². The lowest BCUT2D eigenvalue weighted by molar-refractivity contribution is -0.115. The number of aliphatic hydroxyl groups excluding tert-OH is 1. The average molecular weight is 159 g/mol. The first kappa shape index (κ1) is 7.75. The summed E-state index contributed by atoms with van der Waals surface area (Å²) in [5.74, 6) is 0.161. The van der Waals surface area contributed by atoms with Gasteiger partial charge in [-0.3, -0.25) is 4.79 Å². The largest absolute Gasteiger partial charge is 0.378 e. The molecule has 1 unspecified atom stereocenters. The molecule has 0 aromatic carbocycles. The maximum Gasteiger partial charge on any atom is 0.245 e. The Bertz CT molecular complexity index is 188. The number of rotatable bonds is 1. The van der Waals surface area contributed by atoms with Gasteiger partial charge in [-0.15, -0.1) is 0 Å². The SMILES string of the molecule is CC(C)C1=NSC(=O)C1O. The minimum atomic E-state index is -0.954. The summed E-state index contributed by atoms with van der Waals surface area (Å²) in [5.41, 5.74) is 0.593. The van der Waals surface area contributed by atoms with Gasteiger partial charge >= 0.3 is 0 Å². The molecule has 0 fully saturated rings. The Balaban J connectivity index is 2.72. The van der Waals surface area contributed by atoms with Gasteiger partial charge in [-0.25, -0.2) is 4.40 Å². The van der Waals surface area contributed by atoms with Crippen molar-refractivity contribution >= 4 is 22.8 Å². The topological polar surface area (TPSA) is 49.7 Å². The van der Waals surface area contributed by atoms with E-state index in [1.54, 1.807) is 0 Å². The minimum absolute atomic E-state index is 0.161. The molecule has 0 aromatic rings. The van der Waals surface area contributed by atoms with E-state index in [0.29, 0.717) is 5.71 Å². The van der Waals surface area contributed by atoms with Crippen LogP contribution in [0.3, 0.4) is 0 Å². The Morgan fingerprint density at radius 1 is 1.70 bits per heavy atom. The first-order valence-electron chi connectivity index (χ1n) is 3.09. The van der Waals surface area contributed by atoms with Gasteiger partial charge < -0.3 is 5.11 Å². The summed E-state index contributed by atoms with van der Waals surface area (Å²) in [7, 11) is 0. The van der Waals surface area contributed by atoms with E-state index in [9.17, 15) is 4.79 Å². The molecule has 3 nitrogen and oxygen atoms in total. The zero-order chi connectivity index (χ0) is 7.72. The van der Waals surface area contributed by atoms with E-state index in [0.717, 1.165) is 11.9 Å². The number of aliphatic hydroxyl groups is 1. The smallest absolute Gasteiger partial charge is 0.245 e. The van der Waals surface area contributed by atoms with Crippen LogP contribution in [0, 0.1) is 5.92 Å². The molecule has 4 heteroatoms. The predicted molar refractivity (Wildman–Crippen MR) is 40.9 cm³/mol. The molecule has 10 heavy (non-hydrogen) atoms. The van der Waals surface area contributed by atoms with Crippen molar-refractivity contribution in [2.24, 2.45) is 10.3 Å². The number of hydrogen-bond donors (Lipinski definition) is 1. The third-order valence-electron chi connectivity index (χ3n) is 1.34. The van der Waals surface area contributed by atoms with Crippen LogP contribution in [0.1, 0.15) is 13.8 Å². The summed E-state index contributed by atoms with van der Waals surface area (Å²) < 4.78 is 3.83. The molecule has 56 valence electrons. The van der Waals surface area contributed by atoms with Crippen LogP contribution in [0.2, 0.25) is 0 Å². The van der Waals surface area contributed by atoms with Gasteiger partial charge in [0.15, 0.2) is 6.10 Å². The maximum absolute atomic E-state index is 10.7. The molecule has 1 atom stereocenters. The second-order valence-corrected chi connectivity index (χ2v) is 3.25. The molecule has 0 spiro atoms. The van der Waals surface area contributed by atoms with Gasteiger partial charge in [-0.05, 0) is 5.92 Å². The summed E-state index contributed by atoms with van der Waals surface area (Å²) in [6.07, 6.45) is -0.954. The van der Waals surface area contributed by atoms with Crippen LogP contribution in [0.4, 0.5) is 0 Å². The van der Waals surface area contributed by atoms with E-state index in [4.69, 9.17) is 5.11 Å². The van der Waals surface area contributed by atoms with Crippen LogP contribution in [0.5, 0.6) is 0 Å². The van der Waals surface area contributed by atoms with Crippen LogP contribution in [-0.4, -0.2) is 22.0 Å². The molecule has 0 radical (unpaired) electrons. The van der Waals surface area contributed by atoms with E-state index >= 15 is 0 Å². The van der Waals surface area contributed by atoms with Gasteiger partial charge in [0, 0.05) is 0 Å². The highest BCUT2D eigenvalue weighted by molar-refractivity contribution is 8.13. The average Bonchev–Trinajstić information content (AvgIpc) is 2.14. The van der Waals surface area contributed by atoms with E-state index in [1.807, 2.05) is 13.8 Å². The van der Waals surface area contributed by atoms with Gasteiger partial charge in [0.25, 0.3) is 0 Å². The highest BCUT2D eigenvalue weighted by Gasteiger charge is 2.29. The first-order valence-corrected chi connectivity index (χ1v) is 3.87. The summed E-state index contributed by atoms with van der Waals surface area (Å²) in [6, 6.07) is 0. The van der Waals surface area contributed by atoms with E-state index in [2.05, 4.69) is 4.40 Å². The van der Waals surface area contributed by atoms with Crippen LogP contribution < -0.4 is 0 Å². The van der Waals surface area contributed by atoms with Crippen molar-refractivity contribution in [2.75, 3.05) is 0 Å². The number of carbonyl (C=O) groups excluding carboxylic acids is 1. The molecular formula is C6H9NO2S. The standard InChI is InChI=1S/C6H9NO2S/c1-3(2)4-5(8)6(9)10-7-4/h3,5,8H,1-2H3. The molecule has 0 amide bonds. The maximum atomic E-state index is 10.7. The monoisotopic (exact) mass is 159 g/mol. The molecule has 0 bridgehead atoms. The van der Waals surface area contributed by atoms with Crippen molar-refractivity contribution in [3.8, 4) is 0 Å². The molecule has 0 aromatic heterocycles. The van der Waals surface area contributed by atoms with Gasteiger partial charge in [0.1, 0.15) is 0 Å². The van der Waals surface area contributed by atoms with Crippen molar-refractivity contribution in [1.82, 2.24) is 0 Å². The van der Waals surface area contributed by atoms with E-state index in [1.165, 1.54) is 0 Å². The van der Waals surface area contributed by atoms with Crippen LogP contribution in [0.25, 0.3) is 0 Å². The Morgan fingerprint density at radius 2 is 2.30 bits per heavy atom. The third kappa shape index (κ3) is 1.22. The molecule has 1 heterocycles. The Morgan fingerprint density at radius 3 is 2.50 bits per heavy atom. The number of nitrogens with zero attached hydrogens (tertiary/aromatic N) is 1. The van der Waals surface area contributed by atoms with E-state index < -0.39 is 6.10 Å². The molecule has 0 saturated heterocycles. The fourth-order valence-electron chi connectivity index (χ4n) is 0.739. The first-order chi connectivity index (χ1) is 4.63. The normalized spacial score (nSPS) is 25.8. The van der Waals surface area contributed by atoms with Crippen molar-refractivity contribution in [2.45, 2.75) is 20.0 Å². The van der Waals surface area contributed by atoms with Crippen molar-refractivity contribution in [3.05, 3.63) is 0 Å². The molecule has 1 aliphatic heterocycles.